The standard InChI is InChI=1S/C14H17N3O3/c1-11-4-3-5-13(8-11)10-20-7-6-16-12(2)15-9-14(16)17(18)19/h3-5,8-9H,6-7,10H2,1-2H3. The zero-order valence-corrected chi connectivity index (χ0v) is 11.6. The molecule has 2 rings (SSSR count). The molecule has 20 heavy (non-hydrogen) atoms. The van der Waals surface area contributed by atoms with Crippen LogP contribution in [-0.2, 0) is 17.9 Å². The van der Waals surface area contributed by atoms with E-state index >= 15 is 0 Å². The highest BCUT2D eigenvalue weighted by Gasteiger charge is 2.16. The third-order valence-electron chi connectivity index (χ3n) is 3.03. The molecule has 0 aliphatic carbocycles. The van der Waals surface area contributed by atoms with Crippen molar-refractivity contribution in [1.82, 2.24) is 9.55 Å². The molecule has 6 heteroatoms. The summed E-state index contributed by atoms with van der Waals surface area (Å²) in [5.74, 6) is 0.623. The second-order valence-corrected chi connectivity index (χ2v) is 4.61. The summed E-state index contributed by atoms with van der Waals surface area (Å²) in [6.45, 7) is 5.11. The lowest BCUT2D eigenvalue weighted by Crippen LogP contribution is -2.10. The van der Waals surface area contributed by atoms with Gasteiger partial charge in [-0.15, -0.1) is 0 Å². The average molecular weight is 275 g/mol. The van der Waals surface area contributed by atoms with Gasteiger partial charge in [0.25, 0.3) is 0 Å². The van der Waals surface area contributed by atoms with Gasteiger partial charge in [-0.1, -0.05) is 29.8 Å². The lowest BCUT2D eigenvalue weighted by molar-refractivity contribution is -0.392. The number of benzene rings is 1. The second kappa shape index (κ2) is 6.29. The van der Waals surface area contributed by atoms with Gasteiger partial charge in [0.2, 0.25) is 0 Å². The molecule has 0 spiro atoms. The van der Waals surface area contributed by atoms with E-state index in [9.17, 15) is 10.1 Å². The van der Waals surface area contributed by atoms with Crippen molar-refractivity contribution in [3.63, 3.8) is 0 Å². The molecule has 106 valence electrons. The van der Waals surface area contributed by atoms with Crippen molar-refractivity contribution < 1.29 is 9.66 Å². The summed E-state index contributed by atoms with van der Waals surface area (Å²) in [5.41, 5.74) is 2.29. The van der Waals surface area contributed by atoms with Crippen molar-refractivity contribution in [3.8, 4) is 0 Å². The van der Waals surface area contributed by atoms with E-state index in [0.29, 0.717) is 25.6 Å². The van der Waals surface area contributed by atoms with Gasteiger partial charge in [0.1, 0.15) is 12.7 Å². The van der Waals surface area contributed by atoms with Gasteiger partial charge in [0.05, 0.1) is 13.2 Å². The van der Waals surface area contributed by atoms with Crippen LogP contribution in [0.5, 0.6) is 0 Å². The van der Waals surface area contributed by atoms with Crippen molar-refractivity contribution in [3.05, 3.63) is 57.5 Å². The third-order valence-corrected chi connectivity index (χ3v) is 3.03. The predicted molar refractivity (Wildman–Crippen MR) is 74.5 cm³/mol. The van der Waals surface area contributed by atoms with Crippen LogP contribution in [-0.4, -0.2) is 21.1 Å². The minimum absolute atomic E-state index is 0.00153. The van der Waals surface area contributed by atoms with Crippen LogP contribution in [0.3, 0.4) is 0 Å². The minimum atomic E-state index is -0.430. The number of hydrogen-bond donors (Lipinski definition) is 0. The minimum Gasteiger partial charge on any atom is -0.373 e. The molecule has 0 amide bonds. The number of nitro groups is 1. The van der Waals surface area contributed by atoms with Crippen LogP contribution < -0.4 is 0 Å². The van der Waals surface area contributed by atoms with Crippen molar-refractivity contribution in [2.45, 2.75) is 27.0 Å². The molecule has 0 N–H and O–H groups in total. The van der Waals surface area contributed by atoms with Crippen LogP contribution in [0.2, 0.25) is 0 Å². The fourth-order valence-electron chi connectivity index (χ4n) is 2.03. The van der Waals surface area contributed by atoms with Gasteiger partial charge in [-0.05, 0) is 17.4 Å². The van der Waals surface area contributed by atoms with E-state index in [4.69, 9.17) is 4.74 Å². The molecule has 0 saturated heterocycles. The Morgan fingerprint density at radius 1 is 1.40 bits per heavy atom. The van der Waals surface area contributed by atoms with Gasteiger partial charge in [-0.3, -0.25) is 0 Å². The molecule has 0 fully saturated rings. The van der Waals surface area contributed by atoms with Gasteiger partial charge in [0.15, 0.2) is 5.82 Å². The molecule has 1 aromatic carbocycles. The number of ether oxygens (including phenoxy) is 1. The molecule has 1 heterocycles. The second-order valence-electron chi connectivity index (χ2n) is 4.61. The quantitative estimate of drug-likeness (QED) is 0.461. The average Bonchev–Trinajstić information content (AvgIpc) is 2.76. The van der Waals surface area contributed by atoms with Crippen molar-refractivity contribution in [2.75, 3.05) is 6.61 Å². The number of aryl methyl sites for hydroxylation is 2. The Labute approximate surface area is 117 Å². The fourth-order valence-corrected chi connectivity index (χ4v) is 2.03. The van der Waals surface area contributed by atoms with Crippen LogP contribution >= 0.6 is 0 Å². The highest BCUT2D eigenvalue weighted by atomic mass is 16.6. The summed E-state index contributed by atoms with van der Waals surface area (Å²) in [6, 6.07) is 8.07. The summed E-state index contributed by atoms with van der Waals surface area (Å²) in [5, 5.41) is 10.8. The molecular formula is C14H17N3O3. The first-order chi connectivity index (χ1) is 9.58. The molecule has 0 bridgehead atoms. The van der Waals surface area contributed by atoms with Crippen LogP contribution in [0.25, 0.3) is 0 Å². The van der Waals surface area contributed by atoms with Crippen LogP contribution in [0.1, 0.15) is 17.0 Å². The maximum Gasteiger partial charge on any atom is 0.342 e. The third kappa shape index (κ3) is 3.42. The molecule has 6 nitrogen and oxygen atoms in total. The highest BCUT2D eigenvalue weighted by Crippen LogP contribution is 2.13. The normalized spacial score (nSPS) is 10.7. The Balaban J connectivity index is 1.87. The Morgan fingerprint density at radius 3 is 2.90 bits per heavy atom. The molecular weight excluding hydrogens is 258 g/mol. The van der Waals surface area contributed by atoms with Gasteiger partial charge in [-0.2, -0.15) is 0 Å². The van der Waals surface area contributed by atoms with E-state index in [2.05, 4.69) is 11.1 Å². The van der Waals surface area contributed by atoms with Gasteiger partial charge in [-0.25, -0.2) is 9.55 Å². The zero-order chi connectivity index (χ0) is 14.5. The Hall–Kier alpha value is -2.21. The maximum atomic E-state index is 10.8. The monoisotopic (exact) mass is 275 g/mol. The Kier molecular flexibility index (Phi) is 4.47. The molecule has 0 saturated carbocycles. The maximum absolute atomic E-state index is 10.8. The topological polar surface area (TPSA) is 70.2 Å². The summed E-state index contributed by atoms with van der Waals surface area (Å²) in [6.07, 6.45) is 1.27. The number of nitrogens with zero attached hydrogens (tertiary/aromatic N) is 3. The first kappa shape index (κ1) is 14.2. The van der Waals surface area contributed by atoms with Crippen molar-refractivity contribution in [2.24, 2.45) is 0 Å². The van der Waals surface area contributed by atoms with Crippen LogP contribution in [0.4, 0.5) is 5.82 Å². The molecule has 0 aliphatic rings. The number of aromatic nitrogens is 2. The smallest absolute Gasteiger partial charge is 0.342 e. The fraction of sp³-hybridized carbons (Fsp3) is 0.357. The SMILES string of the molecule is Cc1cccc(COCCn2c([N+](=O)[O-])cnc2C)c1. The van der Waals surface area contributed by atoms with E-state index in [-0.39, 0.29) is 5.82 Å². The summed E-state index contributed by atoms with van der Waals surface area (Å²) in [7, 11) is 0. The molecule has 0 radical (unpaired) electrons. The molecule has 0 aliphatic heterocycles. The van der Waals surface area contributed by atoms with E-state index < -0.39 is 4.92 Å². The van der Waals surface area contributed by atoms with Crippen molar-refractivity contribution >= 4 is 5.82 Å². The Morgan fingerprint density at radius 2 is 2.20 bits per heavy atom. The first-order valence-electron chi connectivity index (χ1n) is 6.37. The largest absolute Gasteiger partial charge is 0.373 e. The zero-order valence-electron chi connectivity index (χ0n) is 11.6. The lowest BCUT2D eigenvalue weighted by Gasteiger charge is -2.06. The van der Waals surface area contributed by atoms with Crippen LogP contribution in [0.15, 0.2) is 30.5 Å². The number of hydrogen-bond acceptors (Lipinski definition) is 4. The lowest BCUT2D eigenvalue weighted by atomic mass is 10.1. The van der Waals surface area contributed by atoms with Crippen LogP contribution in [0, 0.1) is 24.0 Å². The number of rotatable bonds is 6. The van der Waals surface area contributed by atoms with Gasteiger partial charge >= 0.3 is 5.82 Å². The first-order valence-corrected chi connectivity index (χ1v) is 6.37. The summed E-state index contributed by atoms with van der Waals surface area (Å²) in [4.78, 5) is 14.4. The van der Waals surface area contributed by atoms with E-state index in [0.717, 1.165) is 5.56 Å². The number of imidazole rings is 1. The molecule has 0 atom stereocenters. The summed E-state index contributed by atoms with van der Waals surface area (Å²) >= 11 is 0. The Bertz CT molecular complexity index is 607. The summed E-state index contributed by atoms with van der Waals surface area (Å²) < 4.78 is 7.12. The molecule has 0 unspecified atom stereocenters. The molecule has 1 aromatic heterocycles. The van der Waals surface area contributed by atoms with Gasteiger partial charge < -0.3 is 14.9 Å². The van der Waals surface area contributed by atoms with E-state index in [1.165, 1.54) is 11.8 Å². The van der Waals surface area contributed by atoms with Gasteiger partial charge in [0, 0.05) is 6.92 Å². The highest BCUT2D eigenvalue weighted by molar-refractivity contribution is 5.21. The molecule has 2 aromatic rings. The van der Waals surface area contributed by atoms with E-state index in [1.54, 1.807) is 11.5 Å². The van der Waals surface area contributed by atoms with E-state index in [1.807, 2.05) is 25.1 Å². The predicted octanol–water partition coefficient (Wildman–Crippen LogP) is 2.62. The van der Waals surface area contributed by atoms with Crippen molar-refractivity contribution in [1.29, 1.82) is 0 Å².